The van der Waals surface area contributed by atoms with E-state index in [0.717, 1.165) is 12.1 Å². The molecule has 1 aromatic heterocycles. The molecule has 3 N–H and O–H groups in total. The molecule has 104 valence electrons. The zero-order valence-electron chi connectivity index (χ0n) is 11.5. The molecule has 2 rings (SSSR count). The highest BCUT2D eigenvalue weighted by Crippen LogP contribution is 2.07. The lowest BCUT2D eigenvalue weighted by molar-refractivity contribution is -0.117. The predicted molar refractivity (Wildman–Crippen MR) is 80.3 cm³/mol. The van der Waals surface area contributed by atoms with Crippen LogP contribution in [0.25, 0.3) is 0 Å². The summed E-state index contributed by atoms with van der Waals surface area (Å²) in [6, 6.07) is 15.0. The molecular formula is C16H19N3O. The minimum absolute atomic E-state index is 0.195. The minimum atomic E-state index is -0.530. The number of rotatable bonds is 5. The summed E-state index contributed by atoms with van der Waals surface area (Å²) >= 11 is 0. The van der Waals surface area contributed by atoms with E-state index in [1.807, 2.05) is 49.4 Å². The Balaban J connectivity index is 1.86. The van der Waals surface area contributed by atoms with Crippen LogP contribution in [0.3, 0.4) is 0 Å². The average molecular weight is 269 g/mol. The van der Waals surface area contributed by atoms with Gasteiger partial charge in [-0.15, -0.1) is 0 Å². The molecule has 4 heteroatoms. The van der Waals surface area contributed by atoms with E-state index >= 15 is 0 Å². The summed E-state index contributed by atoms with van der Waals surface area (Å²) in [7, 11) is 0. The Hall–Kier alpha value is -2.20. The summed E-state index contributed by atoms with van der Waals surface area (Å²) in [5, 5.41) is 2.74. The van der Waals surface area contributed by atoms with Crippen LogP contribution >= 0.6 is 0 Å². The zero-order valence-corrected chi connectivity index (χ0v) is 11.5. The number of pyridine rings is 1. The Morgan fingerprint density at radius 1 is 1.20 bits per heavy atom. The van der Waals surface area contributed by atoms with Gasteiger partial charge in [0.05, 0.1) is 6.04 Å². The lowest BCUT2D eigenvalue weighted by atomic mass is 10.1. The number of nitrogens with two attached hydrogens (primary N) is 1. The molecule has 1 atom stereocenters. The van der Waals surface area contributed by atoms with E-state index in [9.17, 15) is 4.79 Å². The van der Waals surface area contributed by atoms with Gasteiger partial charge in [0.2, 0.25) is 5.91 Å². The standard InChI is InChI=1S/C16H19N3O/c1-12-6-5-9-15(18-12)19-16(20)14(17)11-10-13-7-3-2-4-8-13/h2-9,14H,10-11,17H2,1H3,(H,18,19,20). The van der Waals surface area contributed by atoms with E-state index in [2.05, 4.69) is 10.3 Å². The molecule has 0 radical (unpaired) electrons. The van der Waals surface area contributed by atoms with E-state index in [4.69, 9.17) is 5.73 Å². The summed E-state index contributed by atoms with van der Waals surface area (Å²) in [4.78, 5) is 16.2. The number of nitrogens with one attached hydrogen (secondary N) is 1. The lowest BCUT2D eigenvalue weighted by Crippen LogP contribution is -2.36. The van der Waals surface area contributed by atoms with E-state index < -0.39 is 6.04 Å². The van der Waals surface area contributed by atoms with Gasteiger partial charge >= 0.3 is 0 Å². The molecular weight excluding hydrogens is 250 g/mol. The zero-order chi connectivity index (χ0) is 14.4. The highest BCUT2D eigenvalue weighted by Gasteiger charge is 2.13. The number of nitrogens with zero attached hydrogens (tertiary/aromatic N) is 1. The summed E-state index contributed by atoms with van der Waals surface area (Å²) < 4.78 is 0. The maximum Gasteiger partial charge on any atom is 0.242 e. The molecule has 0 spiro atoms. The Labute approximate surface area is 119 Å². The quantitative estimate of drug-likeness (QED) is 0.875. The van der Waals surface area contributed by atoms with Crippen LogP contribution in [0, 0.1) is 6.92 Å². The van der Waals surface area contributed by atoms with Crippen molar-refractivity contribution in [1.29, 1.82) is 0 Å². The number of carbonyl (C=O) groups excluding carboxylic acids is 1. The van der Waals surface area contributed by atoms with Gasteiger partial charge in [0.15, 0.2) is 0 Å². The first-order valence-corrected chi connectivity index (χ1v) is 6.69. The van der Waals surface area contributed by atoms with E-state index in [1.165, 1.54) is 5.56 Å². The van der Waals surface area contributed by atoms with Crippen LogP contribution < -0.4 is 11.1 Å². The molecule has 0 aliphatic carbocycles. The monoisotopic (exact) mass is 269 g/mol. The van der Waals surface area contributed by atoms with Crippen LogP contribution in [-0.4, -0.2) is 16.9 Å². The number of anilines is 1. The third-order valence-electron chi connectivity index (χ3n) is 3.06. The van der Waals surface area contributed by atoms with Gasteiger partial charge in [0.1, 0.15) is 5.82 Å². The number of benzene rings is 1. The third-order valence-corrected chi connectivity index (χ3v) is 3.06. The molecule has 0 saturated carbocycles. The fraction of sp³-hybridized carbons (Fsp3) is 0.250. The maximum absolute atomic E-state index is 12.0. The molecule has 4 nitrogen and oxygen atoms in total. The second kappa shape index (κ2) is 6.82. The van der Waals surface area contributed by atoms with Crippen LogP contribution in [0.15, 0.2) is 48.5 Å². The molecule has 1 amide bonds. The van der Waals surface area contributed by atoms with Crippen molar-refractivity contribution in [3.8, 4) is 0 Å². The normalized spacial score (nSPS) is 11.9. The molecule has 2 aromatic rings. The number of carbonyl (C=O) groups is 1. The fourth-order valence-electron chi connectivity index (χ4n) is 1.93. The molecule has 1 aromatic carbocycles. The lowest BCUT2D eigenvalue weighted by Gasteiger charge is -2.12. The number of hydrogen-bond donors (Lipinski definition) is 2. The second-order valence-corrected chi connectivity index (χ2v) is 4.78. The van der Waals surface area contributed by atoms with Crippen molar-refractivity contribution in [3.05, 3.63) is 59.8 Å². The highest BCUT2D eigenvalue weighted by atomic mass is 16.2. The molecule has 0 bridgehead atoms. The minimum Gasteiger partial charge on any atom is -0.320 e. The molecule has 1 heterocycles. The predicted octanol–water partition coefficient (Wildman–Crippen LogP) is 2.29. The van der Waals surface area contributed by atoms with Crippen molar-refractivity contribution in [2.45, 2.75) is 25.8 Å². The van der Waals surface area contributed by atoms with Gasteiger partial charge < -0.3 is 11.1 Å². The summed E-state index contributed by atoms with van der Waals surface area (Å²) in [5.41, 5.74) is 7.96. The van der Waals surface area contributed by atoms with Gasteiger partial charge in [0, 0.05) is 5.69 Å². The van der Waals surface area contributed by atoms with Gasteiger partial charge in [-0.2, -0.15) is 0 Å². The van der Waals surface area contributed by atoms with Crippen LogP contribution in [0.1, 0.15) is 17.7 Å². The van der Waals surface area contributed by atoms with Crippen molar-refractivity contribution in [3.63, 3.8) is 0 Å². The Morgan fingerprint density at radius 3 is 2.65 bits per heavy atom. The number of amides is 1. The Bertz CT molecular complexity index is 569. The Kier molecular flexibility index (Phi) is 4.85. The Morgan fingerprint density at radius 2 is 1.95 bits per heavy atom. The number of aryl methyl sites for hydroxylation is 2. The largest absolute Gasteiger partial charge is 0.320 e. The molecule has 0 saturated heterocycles. The van der Waals surface area contributed by atoms with Crippen LogP contribution in [0.4, 0.5) is 5.82 Å². The molecule has 20 heavy (non-hydrogen) atoms. The first-order valence-electron chi connectivity index (χ1n) is 6.69. The summed E-state index contributed by atoms with van der Waals surface area (Å²) in [6.07, 6.45) is 1.40. The van der Waals surface area contributed by atoms with Gasteiger partial charge in [-0.1, -0.05) is 36.4 Å². The van der Waals surface area contributed by atoms with Crippen molar-refractivity contribution in [1.82, 2.24) is 4.98 Å². The van der Waals surface area contributed by atoms with Gasteiger partial charge in [0.25, 0.3) is 0 Å². The molecule has 1 unspecified atom stereocenters. The molecule has 0 aliphatic heterocycles. The number of hydrogen-bond acceptors (Lipinski definition) is 3. The molecule has 0 fully saturated rings. The van der Waals surface area contributed by atoms with Crippen molar-refractivity contribution in [2.24, 2.45) is 5.73 Å². The number of aromatic nitrogens is 1. The van der Waals surface area contributed by atoms with E-state index in [1.54, 1.807) is 6.07 Å². The van der Waals surface area contributed by atoms with Crippen LogP contribution in [-0.2, 0) is 11.2 Å². The van der Waals surface area contributed by atoms with E-state index in [0.29, 0.717) is 12.2 Å². The summed E-state index contributed by atoms with van der Waals surface area (Å²) in [5.74, 6) is 0.351. The van der Waals surface area contributed by atoms with Crippen LogP contribution in [0.2, 0.25) is 0 Å². The van der Waals surface area contributed by atoms with Crippen molar-refractivity contribution < 1.29 is 4.79 Å². The SMILES string of the molecule is Cc1cccc(NC(=O)C(N)CCc2ccccc2)n1. The topological polar surface area (TPSA) is 68.0 Å². The third kappa shape index (κ3) is 4.17. The first kappa shape index (κ1) is 14.2. The van der Waals surface area contributed by atoms with Crippen molar-refractivity contribution >= 4 is 11.7 Å². The first-order chi connectivity index (χ1) is 9.65. The maximum atomic E-state index is 12.0. The van der Waals surface area contributed by atoms with Gasteiger partial charge in [-0.25, -0.2) is 4.98 Å². The summed E-state index contributed by atoms with van der Waals surface area (Å²) in [6.45, 7) is 1.88. The van der Waals surface area contributed by atoms with Crippen molar-refractivity contribution in [2.75, 3.05) is 5.32 Å². The second-order valence-electron chi connectivity index (χ2n) is 4.78. The van der Waals surface area contributed by atoms with Crippen LogP contribution in [0.5, 0.6) is 0 Å². The van der Waals surface area contributed by atoms with Gasteiger partial charge in [-0.3, -0.25) is 4.79 Å². The van der Waals surface area contributed by atoms with Gasteiger partial charge in [-0.05, 0) is 37.5 Å². The fourth-order valence-corrected chi connectivity index (χ4v) is 1.93. The van der Waals surface area contributed by atoms with E-state index in [-0.39, 0.29) is 5.91 Å². The average Bonchev–Trinajstić information content (AvgIpc) is 2.46. The smallest absolute Gasteiger partial charge is 0.242 e. The molecule has 0 aliphatic rings. The highest BCUT2D eigenvalue weighted by molar-refractivity contribution is 5.93.